The smallest absolute Gasteiger partial charge is 0.143 e. The molecule has 0 atom stereocenters. The maximum Gasteiger partial charge on any atom is 0.143 e. The molecular weight excluding hydrogens is 807 g/mol. The second kappa shape index (κ2) is 14.4. The van der Waals surface area contributed by atoms with Crippen molar-refractivity contribution in [1.82, 2.24) is 19.9 Å². The molecule has 13 aromatic rings. The van der Waals surface area contributed by atoms with E-state index in [0.717, 1.165) is 64.3 Å². The Morgan fingerprint density at radius 3 is 1.24 bits per heavy atom. The molecule has 4 aromatic heterocycles. The monoisotopic (exact) mass is 839 g/mol. The summed E-state index contributed by atoms with van der Waals surface area (Å²) < 4.78 is 0. The second-order valence-corrected chi connectivity index (χ2v) is 18.0. The van der Waals surface area contributed by atoms with Crippen molar-refractivity contribution in [2.45, 2.75) is 0 Å². The summed E-state index contributed by atoms with van der Waals surface area (Å²) in [5.41, 5.74) is 9.06. The van der Waals surface area contributed by atoms with Crippen LogP contribution in [0.25, 0.3) is 107 Å². The maximum atomic E-state index is 5.16. The molecule has 0 saturated carbocycles. The van der Waals surface area contributed by atoms with Gasteiger partial charge in [-0.05, 0) is 114 Å². The van der Waals surface area contributed by atoms with Gasteiger partial charge in [-0.1, -0.05) is 162 Å². The third kappa shape index (κ3) is 6.28. The molecule has 294 valence electrons. The Morgan fingerprint density at radius 2 is 0.714 bits per heavy atom. The number of hydrogen-bond acceptors (Lipinski definition) is 7. The quantitative estimate of drug-likeness (QED) is 0.156. The van der Waals surface area contributed by atoms with Crippen LogP contribution >= 0.6 is 22.7 Å². The van der Waals surface area contributed by atoms with Gasteiger partial charge in [0.1, 0.15) is 30.7 Å². The van der Waals surface area contributed by atoms with E-state index in [9.17, 15) is 0 Å². The Balaban J connectivity index is 0.922. The minimum Gasteiger partial charge on any atom is -0.307 e. The van der Waals surface area contributed by atoms with Gasteiger partial charge in [0.25, 0.3) is 0 Å². The largest absolute Gasteiger partial charge is 0.307 e. The molecule has 0 aliphatic rings. The lowest BCUT2D eigenvalue weighted by molar-refractivity contribution is 1.24. The van der Waals surface area contributed by atoms with Crippen LogP contribution in [0, 0.1) is 0 Å². The molecular formula is C56H33N5S2. The van der Waals surface area contributed by atoms with Gasteiger partial charge in [-0.25, -0.2) is 19.9 Å². The van der Waals surface area contributed by atoms with Gasteiger partial charge in [-0.15, -0.1) is 0 Å². The topological polar surface area (TPSA) is 54.8 Å². The Labute approximate surface area is 369 Å². The van der Waals surface area contributed by atoms with Crippen molar-refractivity contribution in [2.24, 2.45) is 0 Å². The zero-order valence-corrected chi connectivity index (χ0v) is 35.2. The van der Waals surface area contributed by atoms with Gasteiger partial charge in [0.15, 0.2) is 0 Å². The number of benzene rings is 9. The van der Waals surface area contributed by atoms with E-state index < -0.39 is 0 Å². The van der Waals surface area contributed by atoms with Crippen LogP contribution < -0.4 is 4.90 Å². The van der Waals surface area contributed by atoms with E-state index in [2.05, 4.69) is 193 Å². The summed E-state index contributed by atoms with van der Waals surface area (Å²) in [7, 11) is 0. The first-order valence-corrected chi connectivity index (χ1v) is 22.5. The predicted molar refractivity (Wildman–Crippen MR) is 267 cm³/mol. The summed E-state index contributed by atoms with van der Waals surface area (Å²) in [4.78, 5) is 24.4. The van der Waals surface area contributed by atoms with Crippen LogP contribution in [0.1, 0.15) is 0 Å². The summed E-state index contributed by atoms with van der Waals surface area (Å²) in [5.74, 6) is 0. The number of nitrogens with zero attached hydrogens (tertiary/aromatic N) is 5. The number of fused-ring (bicyclic) bond motifs is 8. The minimum absolute atomic E-state index is 0.848. The van der Waals surface area contributed by atoms with Gasteiger partial charge in [0, 0.05) is 16.8 Å². The summed E-state index contributed by atoms with van der Waals surface area (Å²) in [6, 6.07) is 67.5. The lowest BCUT2D eigenvalue weighted by atomic mass is 9.96. The minimum atomic E-state index is 0.848. The van der Waals surface area contributed by atoms with Crippen LogP contribution in [-0.2, 0) is 0 Å². The average Bonchev–Trinajstić information content (AvgIpc) is 3.98. The Hall–Kier alpha value is -7.84. The lowest BCUT2D eigenvalue weighted by Gasteiger charge is -2.25. The van der Waals surface area contributed by atoms with E-state index in [1.54, 1.807) is 22.7 Å². The third-order valence-corrected chi connectivity index (χ3v) is 14.2. The van der Waals surface area contributed by atoms with Gasteiger partial charge < -0.3 is 4.90 Å². The summed E-state index contributed by atoms with van der Waals surface area (Å²) in [5, 5.41) is 14.0. The van der Waals surface area contributed by atoms with Crippen LogP contribution in [0.5, 0.6) is 0 Å². The molecule has 0 unspecified atom stereocenters. The highest BCUT2D eigenvalue weighted by Crippen LogP contribution is 2.42. The SMILES string of the molecule is c1ccc2cc(-c3ccc4c(ccc5cc(N(c6cnc7sc(-c8ccc9ccccc9c8)nc7c6)c6cnc7sc(-c8ccc9ccccc9c8)nc7c6)ccc54)c3)ccc2c1. The summed E-state index contributed by atoms with van der Waals surface area (Å²) in [6.07, 6.45) is 3.91. The van der Waals surface area contributed by atoms with Gasteiger partial charge in [0.2, 0.25) is 0 Å². The fourth-order valence-electron chi connectivity index (χ4n) is 8.95. The molecule has 0 saturated heterocycles. The maximum absolute atomic E-state index is 5.16. The molecule has 9 aromatic carbocycles. The normalized spacial score (nSPS) is 11.8. The molecule has 0 spiro atoms. The van der Waals surface area contributed by atoms with Crippen LogP contribution in [0.2, 0.25) is 0 Å². The molecule has 0 aliphatic carbocycles. The molecule has 13 rings (SSSR count). The van der Waals surface area contributed by atoms with E-state index in [-0.39, 0.29) is 0 Å². The third-order valence-electron chi connectivity index (χ3n) is 12.1. The predicted octanol–water partition coefficient (Wildman–Crippen LogP) is 15.9. The molecule has 0 aliphatic heterocycles. The van der Waals surface area contributed by atoms with Crippen molar-refractivity contribution in [2.75, 3.05) is 4.90 Å². The molecule has 0 fully saturated rings. The van der Waals surface area contributed by atoms with Crippen LogP contribution in [0.4, 0.5) is 17.1 Å². The van der Waals surface area contributed by atoms with Gasteiger partial charge in [-0.3, -0.25) is 0 Å². The Bertz CT molecular complexity index is 3810. The molecule has 4 heterocycles. The number of hydrogen-bond donors (Lipinski definition) is 0. The molecule has 63 heavy (non-hydrogen) atoms. The highest BCUT2D eigenvalue weighted by atomic mass is 32.1. The molecule has 5 nitrogen and oxygen atoms in total. The van der Waals surface area contributed by atoms with E-state index in [1.165, 1.54) is 59.6 Å². The van der Waals surface area contributed by atoms with E-state index in [1.807, 2.05) is 12.4 Å². The number of aromatic nitrogens is 4. The molecule has 0 amide bonds. The van der Waals surface area contributed by atoms with E-state index in [4.69, 9.17) is 19.9 Å². The fourth-order valence-corrected chi connectivity index (χ4v) is 10.7. The second-order valence-electron chi connectivity index (χ2n) is 16.0. The number of anilines is 3. The average molecular weight is 840 g/mol. The summed E-state index contributed by atoms with van der Waals surface area (Å²) >= 11 is 3.23. The number of thiazole rings is 2. The summed E-state index contributed by atoms with van der Waals surface area (Å²) in [6.45, 7) is 0. The highest BCUT2D eigenvalue weighted by molar-refractivity contribution is 7.21. The van der Waals surface area contributed by atoms with Crippen molar-refractivity contribution in [1.29, 1.82) is 0 Å². The standard InChI is InChI=1S/C56H33N5S2/c1-4-10-37-25-40(16-13-34(37)7-1)41-21-23-49-42(26-41)17-18-43-29-46(22-24-50(43)49)61(47-30-51-55(57-32-47)62-53(59-51)44-19-14-35-8-2-5-11-38(35)27-44)48-31-52-56(58-33-48)63-54(60-52)45-20-15-36-9-3-6-12-39(36)28-45/h1-33H. The fraction of sp³-hybridized carbons (Fsp3) is 0. The first-order chi connectivity index (χ1) is 31.1. The first kappa shape index (κ1) is 35.9. The van der Waals surface area contributed by atoms with Gasteiger partial charge in [-0.2, -0.15) is 0 Å². The zero-order valence-electron chi connectivity index (χ0n) is 33.6. The Morgan fingerprint density at radius 1 is 0.317 bits per heavy atom. The van der Waals surface area contributed by atoms with Gasteiger partial charge >= 0.3 is 0 Å². The first-order valence-electron chi connectivity index (χ1n) is 20.9. The van der Waals surface area contributed by atoms with E-state index >= 15 is 0 Å². The van der Waals surface area contributed by atoms with Crippen molar-refractivity contribution < 1.29 is 0 Å². The number of rotatable bonds is 6. The molecule has 7 heteroatoms. The van der Waals surface area contributed by atoms with Crippen molar-refractivity contribution >= 4 is 114 Å². The lowest BCUT2D eigenvalue weighted by Crippen LogP contribution is -2.10. The zero-order chi connectivity index (χ0) is 41.4. The van der Waals surface area contributed by atoms with E-state index in [0.29, 0.717) is 0 Å². The van der Waals surface area contributed by atoms with Crippen molar-refractivity contribution in [3.05, 3.63) is 200 Å². The Kier molecular flexibility index (Phi) is 8.19. The molecule has 0 radical (unpaired) electrons. The van der Waals surface area contributed by atoms with Crippen LogP contribution in [-0.4, -0.2) is 19.9 Å². The van der Waals surface area contributed by atoms with Gasteiger partial charge in [0.05, 0.1) is 23.8 Å². The molecule has 0 bridgehead atoms. The van der Waals surface area contributed by atoms with Crippen LogP contribution in [0.15, 0.2) is 200 Å². The number of pyridine rings is 2. The van der Waals surface area contributed by atoms with Crippen LogP contribution in [0.3, 0.4) is 0 Å². The van der Waals surface area contributed by atoms with Crippen molar-refractivity contribution in [3.8, 4) is 32.3 Å². The molecule has 0 N–H and O–H groups in total. The highest BCUT2D eigenvalue weighted by Gasteiger charge is 2.19. The van der Waals surface area contributed by atoms with Crippen molar-refractivity contribution in [3.63, 3.8) is 0 Å².